The molecule has 0 saturated heterocycles. The Morgan fingerprint density at radius 1 is 1.14 bits per heavy atom. The number of alkyl halides is 2. The molecule has 1 aromatic carbocycles. The van der Waals surface area contributed by atoms with Gasteiger partial charge in [0.1, 0.15) is 5.69 Å². The number of aromatic nitrogens is 6. The average molecular weight is 395 g/mol. The second-order valence-corrected chi connectivity index (χ2v) is 6.72. The monoisotopic (exact) mass is 395 g/mol. The van der Waals surface area contributed by atoms with E-state index in [1.54, 1.807) is 12.5 Å². The van der Waals surface area contributed by atoms with Gasteiger partial charge in [-0.15, -0.1) is 0 Å². The fraction of sp³-hybridized carbons (Fsp3) is 0.200. The van der Waals surface area contributed by atoms with Crippen LogP contribution in [0.1, 0.15) is 29.1 Å². The van der Waals surface area contributed by atoms with Crippen molar-refractivity contribution in [1.82, 2.24) is 29.7 Å². The van der Waals surface area contributed by atoms with E-state index >= 15 is 0 Å². The van der Waals surface area contributed by atoms with Crippen molar-refractivity contribution in [3.63, 3.8) is 0 Å². The van der Waals surface area contributed by atoms with Crippen molar-refractivity contribution >= 4 is 11.6 Å². The van der Waals surface area contributed by atoms with Gasteiger partial charge < -0.3 is 10.3 Å². The summed E-state index contributed by atoms with van der Waals surface area (Å²) in [4.78, 5) is 15.2. The zero-order valence-corrected chi connectivity index (χ0v) is 15.9. The summed E-state index contributed by atoms with van der Waals surface area (Å²) in [5, 5.41) is 7.42. The lowest BCUT2D eigenvalue weighted by Gasteiger charge is -2.09. The Hall–Kier alpha value is -3.62. The number of nitrogens with zero attached hydrogens (tertiary/aromatic N) is 5. The molecule has 4 aromatic rings. The summed E-state index contributed by atoms with van der Waals surface area (Å²) >= 11 is 0. The van der Waals surface area contributed by atoms with Gasteiger partial charge >= 0.3 is 0 Å². The number of hydrogen-bond donors (Lipinski definition) is 2. The third-order valence-corrected chi connectivity index (χ3v) is 4.45. The molecule has 148 valence electrons. The Morgan fingerprint density at radius 2 is 2.00 bits per heavy atom. The number of halogens is 2. The predicted octanol–water partition coefficient (Wildman–Crippen LogP) is 4.41. The fourth-order valence-corrected chi connectivity index (χ4v) is 3.00. The molecule has 0 aliphatic heterocycles. The van der Waals surface area contributed by atoms with E-state index < -0.39 is 6.43 Å². The summed E-state index contributed by atoms with van der Waals surface area (Å²) in [5.74, 6) is 0.129. The van der Waals surface area contributed by atoms with Crippen LogP contribution in [0.15, 0.2) is 49.2 Å². The Kier molecular flexibility index (Phi) is 5.03. The Bertz CT molecular complexity index is 1130. The highest BCUT2D eigenvalue weighted by Crippen LogP contribution is 2.26. The van der Waals surface area contributed by atoms with Crippen LogP contribution in [0.4, 0.5) is 20.4 Å². The van der Waals surface area contributed by atoms with Crippen molar-refractivity contribution in [2.75, 3.05) is 5.32 Å². The minimum Gasteiger partial charge on any atom is -0.348 e. The number of anilines is 2. The number of hydrogen-bond acceptors (Lipinski definition) is 5. The Balaban J connectivity index is 1.57. The number of H-pyrrole nitrogens is 1. The number of aromatic amines is 1. The van der Waals surface area contributed by atoms with Crippen LogP contribution in [0, 0.1) is 13.8 Å². The van der Waals surface area contributed by atoms with E-state index in [0.717, 1.165) is 28.1 Å². The molecule has 0 aliphatic rings. The first-order valence-electron chi connectivity index (χ1n) is 8.99. The van der Waals surface area contributed by atoms with Crippen molar-refractivity contribution in [2.24, 2.45) is 0 Å². The number of imidazole rings is 1. The number of rotatable bonds is 6. The lowest BCUT2D eigenvalue weighted by molar-refractivity contribution is 0.146. The van der Waals surface area contributed by atoms with E-state index in [4.69, 9.17) is 0 Å². The molecule has 0 spiro atoms. The summed E-state index contributed by atoms with van der Waals surface area (Å²) < 4.78 is 27.6. The lowest BCUT2D eigenvalue weighted by atomic mass is 10.1. The minimum atomic E-state index is -2.64. The van der Waals surface area contributed by atoms with Crippen molar-refractivity contribution in [3.8, 4) is 11.1 Å². The van der Waals surface area contributed by atoms with Crippen molar-refractivity contribution in [3.05, 3.63) is 71.8 Å². The van der Waals surface area contributed by atoms with Gasteiger partial charge in [0, 0.05) is 29.3 Å². The van der Waals surface area contributed by atoms with Crippen LogP contribution < -0.4 is 5.32 Å². The molecule has 0 aliphatic carbocycles. The van der Waals surface area contributed by atoms with Crippen LogP contribution in [-0.2, 0) is 6.54 Å². The molecule has 2 N–H and O–H groups in total. The SMILES string of the molecule is Cc1cc(Nc2nccc(C(F)F)n2)cc(-c2cnn(Cc3nc[nH]c3C)c2)c1. The predicted molar refractivity (Wildman–Crippen MR) is 105 cm³/mol. The maximum atomic E-state index is 12.9. The summed E-state index contributed by atoms with van der Waals surface area (Å²) in [6.45, 7) is 4.50. The summed E-state index contributed by atoms with van der Waals surface area (Å²) in [5.41, 5.74) is 5.23. The third kappa shape index (κ3) is 4.29. The molecular formula is C20H19F2N7. The second kappa shape index (κ2) is 7.78. The highest BCUT2D eigenvalue weighted by Gasteiger charge is 2.11. The van der Waals surface area contributed by atoms with Crippen molar-refractivity contribution in [1.29, 1.82) is 0 Å². The van der Waals surface area contributed by atoms with Gasteiger partial charge in [0.25, 0.3) is 6.43 Å². The molecule has 7 nitrogen and oxygen atoms in total. The first-order chi connectivity index (χ1) is 14.0. The topological polar surface area (TPSA) is 84.3 Å². The largest absolute Gasteiger partial charge is 0.348 e. The first kappa shape index (κ1) is 18.7. The fourth-order valence-electron chi connectivity index (χ4n) is 3.00. The number of benzene rings is 1. The molecule has 29 heavy (non-hydrogen) atoms. The summed E-state index contributed by atoms with van der Waals surface area (Å²) in [7, 11) is 0. The van der Waals surface area contributed by atoms with E-state index in [-0.39, 0.29) is 11.6 Å². The maximum Gasteiger partial charge on any atom is 0.280 e. The van der Waals surface area contributed by atoms with Crippen LogP contribution >= 0.6 is 0 Å². The maximum absolute atomic E-state index is 12.9. The summed E-state index contributed by atoms with van der Waals surface area (Å²) in [6.07, 6.45) is 4.07. The molecule has 0 radical (unpaired) electrons. The molecule has 0 unspecified atom stereocenters. The van der Waals surface area contributed by atoms with Gasteiger partial charge in [-0.1, -0.05) is 6.07 Å². The van der Waals surface area contributed by atoms with E-state index in [1.807, 2.05) is 42.9 Å². The van der Waals surface area contributed by atoms with Gasteiger partial charge in [0.15, 0.2) is 0 Å². The number of nitrogens with one attached hydrogen (secondary N) is 2. The highest BCUT2D eigenvalue weighted by molar-refractivity contribution is 5.70. The average Bonchev–Trinajstić information content (AvgIpc) is 3.31. The normalized spacial score (nSPS) is 11.2. The van der Waals surface area contributed by atoms with Gasteiger partial charge in [0.2, 0.25) is 5.95 Å². The molecule has 0 saturated carbocycles. The van der Waals surface area contributed by atoms with Crippen LogP contribution in [0.25, 0.3) is 11.1 Å². The van der Waals surface area contributed by atoms with Gasteiger partial charge in [-0.2, -0.15) is 5.10 Å². The smallest absolute Gasteiger partial charge is 0.280 e. The second-order valence-electron chi connectivity index (χ2n) is 6.72. The standard InChI is InChI=1S/C20H19F2N7/c1-12-5-14(15-8-26-29(9-15)10-18-13(2)24-11-25-18)7-16(6-12)27-20-23-4-3-17(28-20)19(21)22/h3-9,11,19H,10H2,1-2H3,(H,24,25)(H,23,27,28). The van der Waals surface area contributed by atoms with Crippen LogP contribution in [-0.4, -0.2) is 29.7 Å². The first-order valence-corrected chi connectivity index (χ1v) is 8.99. The molecule has 0 fully saturated rings. The highest BCUT2D eigenvalue weighted by atomic mass is 19.3. The van der Waals surface area contributed by atoms with E-state index in [1.165, 1.54) is 12.3 Å². The Morgan fingerprint density at radius 3 is 2.76 bits per heavy atom. The Labute approximate surface area is 165 Å². The van der Waals surface area contributed by atoms with Gasteiger partial charge in [0.05, 0.1) is 24.8 Å². The molecule has 9 heteroatoms. The molecule has 4 rings (SSSR count). The quantitative estimate of drug-likeness (QED) is 0.505. The van der Waals surface area contributed by atoms with Crippen LogP contribution in [0.2, 0.25) is 0 Å². The van der Waals surface area contributed by atoms with Gasteiger partial charge in [-0.25, -0.2) is 23.7 Å². The van der Waals surface area contributed by atoms with Crippen LogP contribution in [0.3, 0.4) is 0 Å². The zero-order valence-electron chi connectivity index (χ0n) is 15.9. The molecule has 0 atom stereocenters. The lowest BCUT2D eigenvalue weighted by Crippen LogP contribution is -2.01. The summed E-state index contributed by atoms with van der Waals surface area (Å²) in [6, 6.07) is 7.04. The molecule has 3 heterocycles. The van der Waals surface area contributed by atoms with E-state index in [2.05, 4.69) is 30.4 Å². The van der Waals surface area contributed by atoms with E-state index in [0.29, 0.717) is 12.2 Å². The molecule has 0 bridgehead atoms. The number of aryl methyl sites for hydroxylation is 2. The minimum absolute atomic E-state index is 0.129. The van der Waals surface area contributed by atoms with Gasteiger partial charge in [-0.3, -0.25) is 4.68 Å². The van der Waals surface area contributed by atoms with Crippen molar-refractivity contribution < 1.29 is 8.78 Å². The van der Waals surface area contributed by atoms with Crippen molar-refractivity contribution in [2.45, 2.75) is 26.8 Å². The van der Waals surface area contributed by atoms with Gasteiger partial charge in [-0.05, 0) is 43.2 Å². The zero-order chi connectivity index (χ0) is 20.4. The van der Waals surface area contributed by atoms with E-state index in [9.17, 15) is 8.78 Å². The molecular weight excluding hydrogens is 376 g/mol. The van der Waals surface area contributed by atoms with Crippen LogP contribution in [0.5, 0.6) is 0 Å². The molecule has 3 aromatic heterocycles. The molecule has 0 amide bonds. The third-order valence-electron chi connectivity index (χ3n) is 4.45.